The fourth-order valence-corrected chi connectivity index (χ4v) is 3.58. The van der Waals surface area contributed by atoms with Crippen molar-refractivity contribution in [2.24, 2.45) is 11.8 Å². The van der Waals surface area contributed by atoms with Gasteiger partial charge in [0.2, 0.25) is 5.76 Å². The van der Waals surface area contributed by atoms with Crippen molar-refractivity contribution in [1.82, 2.24) is 10.1 Å². The molecule has 0 radical (unpaired) electrons. The number of methoxy groups -OCH3 is 1. The quantitative estimate of drug-likeness (QED) is 0.791. The normalized spacial score (nSPS) is 23.7. The van der Waals surface area contributed by atoms with Crippen molar-refractivity contribution in [3.8, 4) is 17.7 Å². The molecule has 2 aromatic rings. The molecule has 0 saturated carbocycles. The number of hydrogen-bond donors (Lipinski definition) is 0. The average Bonchev–Trinajstić information content (AvgIpc) is 3.42. The minimum atomic E-state index is -0.212. The van der Waals surface area contributed by atoms with Crippen molar-refractivity contribution in [2.45, 2.75) is 6.10 Å². The summed E-state index contributed by atoms with van der Waals surface area (Å²) in [6.07, 6.45) is 0.00771. The van der Waals surface area contributed by atoms with E-state index in [9.17, 15) is 4.79 Å². The Morgan fingerprint density at radius 3 is 2.89 bits per heavy atom. The van der Waals surface area contributed by atoms with Gasteiger partial charge >= 0.3 is 0 Å². The van der Waals surface area contributed by atoms with Gasteiger partial charge in [0.15, 0.2) is 0 Å². The summed E-state index contributed by atoms with van der Waals surface area (Å²) in [5, 5.41) is 12.5. The maximum atomic E-state index is 12.6. The van der Waals surface area contributed by atoms with Gasteiger partial charge in [0.25, 0.3) is 11.8 Å². The molecule has 3 heterocycles. The fourth-order valence-electron chi connectivity index (χ4n) is 3.58. The highest BCUT2D eigenvalue weighted by molar-refractivity contribution is 5.91. The Kier molecular flexibility index (Phi) is 4.69. The number of ether oxygens (including phenoxy) is 3. The van der Waals surface area contributed by atoms with Crippen LogP contribution in [0.2, 0.25) is 0 Å². The van der Waals surface area contributed by atoms with E-state index < -0.39 is 0 Å². The number of hydrogen-bond acceptors (Lipinski definition) is 7. The number of nitriles is 1. The number of aromatic nitrogens is 1. The number of carbonyl (C=O) groups is 1. The van der Waals surface area contributed by atoms with Gasteiger partial charge in [-0.3, -0.25) is 4.79 Å². The summed E-state index contributed by atoms with van der Waals surface area (Å²) in [5.74, 6) is 1.37. The number of carbonyl (C=O) groups excluding carboxylic acids is 1. The Morgan fingerprint density at radius 2 is 2.19 bits per heavy atom. The first-order chi connectivity index (χ1) is 13.2. The van der Waals surface area contributed by atoms with Gasteiger partial charge in [0.05, 0.1) is 44.1 Å². The third-order valence-corrected chi connectivity index (χ3v) is 5.08. The van der Waals surface area contributed by atoms with Gasteiger partial charge in [-0.05, 0) is 29.4 Å². The van der Waals surface area contributed by atoms with Gasteiger partial charge in [-0.25, -0.2) is 0 Å². The monoisotopic (exact) mass is 369 g/mol. The van der Waals surface area contributed by atoms with Crippen LogP contribution in [-0.2, 0) is 4.74 Å². The molecule has 1 aromatic heterocycles. The number of nitrogens with zero attached hydrogens (tertiary/aromatic N) is 3. The van der Waals surface area contributed by atoms with E-state index in [1.807, 2.05) is 0 Å². The summed E-state index contributed by atoms with van der Waals surface area (Å²) in [4.78, 5) is 14.3. The van der Waals surface area contributed by atoms with E-state index in [0.29, 0.717) is 31.9 Å². The lowest BCUT2D eigenvalue weighted by Crippen LogP contribution is -2.31. The maximum absolute atomic E-state index is 12.6. The van der Waals surface area contributed by atoms with Gasteiger partial charge in [0, 0.05) is 24.9 Å². The average molecular weight is 369 g/mol. The largest absolute Gasteiger partial charge is 0.493 e. The number of likely N-dealkylation sites (tertiary alicyclic amines) is 1. The molecule has 2 aliphatic rings. The SMILES string of the molecule is COc1cc(C(=O)N2C[C@@H]3[C@H](COc4ccc(C#N)cc4)CO[C@@H]3C2)on1. The summed E-state index contributed by atoms with van der Waals surface area (Å²) in [7, 11) is 1.47. The van der Waals surface area contributed by atoms with Gasteiger partial charge < -0.3 is 23.6 Å². The van der Waals surface area contributed by atoms with Crippen molar-refractivity contribution >= 4 is 5.91 Å². The van der Waals surface area contributed by atoms with Crippen LogP contribution in [0.4, 0.5) is 0 Å². The van der Waals surface area contributed by atoms with Crippen LogP contribution in [0.25, 0.3) is 0 Å². The van der Waals surface area contributed by atoms with Crippen LogP contribution < -0.4 is 9.47 Å². The van der Waals surface area contributed by atoms with Crippen molar-refractivity contribution in [2.75, 3.05) is 33.4 Å². The Labute approximate surface area is 156 Å². The van der Waals surface area contributed by atoms with Crippen LogP contribution in [-0.4, -0.2) is 55.5 Å². The Hall–Kier alpha value is -3.05. The highest BCUT2D eigenvalue weighted by Crippen LogP contribution is 2.35. The van der Waals surface area contributed by atoms with Crippen LogP contribution in [0.5, 0.6) is 11.6 Å². The zero-order valence-electron chi connectivity index (χ0n) is 14.8. The van der Waals surface area contributed by atoms with Crippen molar-refractivity contribution in [1.29, 1.82) is 5.26 Å². The molecule has 0 N–H and O–H groups in total. The van der Waals surface area contributed by atoms with E-state index >= 15 is 0 Å². The van der Waals surface area contributed by atoms with E-state index in [-0.39, 0.29) is 35.5 Å². The highest BCUT2D eigenvalue weighted by Gasteiger charge is 2.46. The van der Waals surface area contributed by atoms with Crippen molar-refractivity contribution < 1.29 is 23.5 Å². The molecule has 27 heavy (non-hydrogen) atoms. The second kappa shape index (κ2) is 7.29. The predicted molar refractivity (Wildman–Crippen MR) is 92.3 cm³/mol. The molecule has 3 atom stereocenters. The van der Waals surface area contributed by atoms with Crippen LogP contribution in [0.1, 0.15) is 16.1 Å². The molecule has 0 spiro atoms. The Morgan fingerprint density at radius 1 is 1.37 bits per heavy atom. The smallest absolute Gasteiger partial charge is 0.292 e. The zero-order valence-corrected chi connectivity index (χ0v) is 14.8. The van der Waals surface area contributed by atoms with Gasteiger partial charge in [0.1, 0.15) is 5.75 Å². The van der Waals surface area contributed by atoms with E-state index in [1.54, 1.807) is 29.2 Å². The van der Waals surface area contributed by atoms with E-state index in [2.05, 4.69) is 11.2 Å². The van der Waals surface area contributed by atoms with Crippen LogP contribution >= 0.6 is 0 Å². The molecule has 0 aliphatic carbocycles. The number of benzene rings is 1. The molecule has 8 heteroatoms. The summed E-state index contributed by atoms with van der Waals surface area (Å²) in [5.41, 5.74) is 0.598. The molecule has 0 bridgehead atoms. The van der Waals surface area contributed by atoms with Crippen LogP contribution in [0, 0.1) is 23.2 Å². The minimum absolute atomic E-state index is 0.00771. The summed E-state index contributed by atoms with van der Waals surface area (Å²) >= 11 is 0. The van der Waals surface area contributed by atoms with E-state index in [4.69, 9.17) is 24.0 Å². The summed E-state index contributed by atoms with van der Waals surface area (Å²) < 4.78 is 21.7. The van der Waals surface area contributed by atoms with Crippen LogP contribution in [0.15, 0.2) is 34.9 Å². The van der Waals surface area contributed by atoms with Crippen LogP contribution in [0.3, 0.4) is 0 Å². The number of amides is 1. The summed E-state index contributed by atoms with van der Waals surface area (Å²) in [6.45, 7) is 2.24. The lowest BCUT2D eigenvalue weighted by molar-refractivity contribution is 0.0628. The molecule has 2 saturated heterocycles. The number of fused-ring (bicyclic) bond motifs is 1. The van der Waals surface area contributed by atoms with E-state index in [1.165, 1.54) is 13.2 Å². The van der Waals surface area contributed by atoms with Gasteiger partial charge in [-0.1, -0.05) is 0 Å². The number of rotatable bonds is 5. The molecule has 1 amide bonds. The predicted octanol–water partition coefficient (Wildman–Crippen LogP) is 1.72. The topological polar surface area (TPSA) is 97.8 Å². The lowest BCUT2D eigenvalue weighted by atomic mass is 9.94. The molecule has 4 rings (SSSR count). The first kappa shape index (κ1) is 17.4. The molecule has 2 aliphatic heterocycles. The minimum Gasteiger partial charge on any atom is -0.493 e. The van der Waals surface area contributed by atoms with Gasteiger partial charge in [-0.15, -0.1) is 0 Å². The maximum Gasteiger partial charge on any atom is 0.292 e. The first-order valence-corrected chi connectivity index (χ1v) is 8.72. The Balaban J connectivity index is 1.35. The fraction of sp³-hybridized carbons (Fsp3) is 0.421. The molecule has 2 fully saturated rings. The molecular formula is C19H19N3O5. The molecule has 140 valence electrons. The van der Waals surface area contributed by atoms with Gasteiger partial charge in [-0.2, -0.15) is 5.26 Å². The third-order valence-electron chi connectivity index (χ3n) is 5.08. The first-order valence-electron chi connectivity index (χ1n) is 8.72. The highest BCUT2D eigenvalue weighted by atomic mass is 16.5. The summed E-state index contributed by atoms with van der Waals surface area (Å²) in [6, 6.07) is 10.6. The standard InChI is InChI=1S/C19H19N3O5/c1-24-18-6-16(27-21-18)19(23)22-8-15-13(11-26-17(15)9-22)10-25-14-4-2-12(7-20)3-5-14/h2-6,13,15,17H,8-11H2,1H3/t13-,15-,17-/m1/s1. The molecule has 1 aromatic carbocycles. The zero-order chi connectivity index (χ0) is 18.8. The van der Waals surface area contributed by atoms with Crippen molar-refractivity contribution in [3.05, 3.63) is 41.7 Å². The molecule has 8 nitrogen and oxygen atoms in total. The second-order valence-corrected chi connectivity index (χ2v) is 6.69. The van der Waals surface area contributed by atoms with E-state index in [0.717, 1.165) is 5.75 Å². The second-order valence-electron chi connectivity index (χ2n) is 6.69. The molecule has 0 unspecified atom stereocenters. The third kappa shape index (κ3) is 3.46. The lowest BCUT2D eigenvalue weighted by Gasteiger charge is -2.19. The van der Waals surface area contributed by atoms with Crippen molar-refractivity contribution in [3.63, 3.8) is 0 Å². The Bertz CT molecular complexity index is 857. The molecular weight excluding hydrogens is 350 g/mol.